The van der Waals surface area contributed by atoms with Crippen LogP contribution >= 0.6 is 11.3 Å². The zero-order valence-electron chi connectivity index (χ0n) is 21.6. The van der Waals surface area contributed by atoms with E-state index in [1.807, 2.05) is 25.3 Å². The summed E-state index contributed by atoms with van der Waals surface area (Å²) in [5, 5.41) is 9.78. The second kappa shape index (κ2) is 11.3. The lowest BCUT2D eigenvalue weighted by Crippen LogP contribution is -2.39. The van der Waals surface area contributed by atoms with Crippen LogP contribution < -0.4 is 25.3 Å². The molecule has 198 valence electrons. The lowest BCUT2D eigenvalue weighted by Gasteiger charge is -2.18. The SMILES string of the molecule is COc1cc(C(=O)c2ccc(-c3csc(NC(C(N)=O)C(C)C)n3)cc2-n2cncn2)cc(OC)c1OC. The first kappa shape index (κ1) is 26.6. The summed E-state index contributed by atoms with van der Waals surface area (Å²) in [6.45, 7) is 3.82. The third-order valence-electron chi connectivity index (χ3n) is 5.89. The van der Waals surface area contributed by atoms with E-state index >= 15 is 0 Å². The Morgan fingerprint density at radius 1 is 1.05 bits per heavy atom. The number of nitrogens with two attached hydrogens (primary N) is 1. The Balaban J connectivity index is 1.74. The van der Waals surface area contributed by atoms with Crippen LogP contribution in [0.5, 0.6) is 17.2 Å². The van der Waals surface area contributed by atoms with E-state index in [4.69, 9.17) is 19.9 Å². The van der Waals surface area contributed by atoms with Gasteiger partial charge >= 0.3 is 0 Å². The summed E-state index contributed by atoms with van der Waals surface area (Å²) in [7, 11) is 4.48. The molecule has 1 atom stereocenters. The second-order valence-corrected chi connectivity index (χ2v) is 9.48. The number of primary amides is 1. The number of nitrogens with zero attached hydrogens (tertiary/aromatic N) is 4. The highest BCUT2D eigenvalue weighted by atomic mass is 32.1. The van der Waals surface area contributed by atoms with Crippen molar-refractivity contribution < 1.29 is 23.8 Å². The van der Waals surface area contributed by atoms with E-state index in [1.165, 1.54) is 50.0 Å². The van der Waals surface area contributed by atoms with Gasteiger partial charge in [0.05, 0.1) is 32.7 Å². The molecular formula is C26H28N6O5S. The topological polar surface area (TPSA) is 143 Å². The third kappa shape index (κ3) is 5.30. The molecule has 0 aliphatic rings. The number of rotatable bonds is 11. The van der Waals surface area contributed by atoms with E-state index in [0.717, 1.165) is 5.56 Å². The third-order valence-corrected chi connectivity index (χ3v) is 6.66. The number of carbonyl (C=O) groups is 2. The number of carbonyl (C=O) groups excluding carboxylic acids is 2. The number of amides is 1. The van der Waals surface area contributed by atoms with Gasteiger partial charge in [-0.2, -0.15) is 5.10 Å². The van der Waals surface area contributed by atoms with Crippen molar-refractivity contribution in [3.05, 3.63) is 59.5 Å². The second-order valence-electron chi connectivity index (χ2n) is 8.62. The van der Waals surface area contributed by atoms with Crippen molar-refractivity contribution in [2.24, 2.45) is 11.7 Å². The number of anilines is 1. The zero-order valence-corrected chi connectivity index (χ0v) is 22.4. The van der Waals surface area contributed by atoms with Crippen molar-refractivity contribution in [1.29, 1.82) is 0 Å². The summed E-state index contributed by atoms with van der Waals surface area (Å²) < 4.78 is 17.7. The molecule has 0 saturated heterocycles. The standard InChI is InChI=1S/C26H28N6O5S/c1-14(2)22(25(27)34)31-26-30-18(11-38-26)15-6-7-17(19(8-15)32-13-28-12-29-32)23(33)16-9-20(35-3)24(37-5)21(10-16)36-4/h6-14,22H,1-5H3,(H2,27,34)(H,30,31). The molecule has 12 heteroatoms. The van der Waals surface area contributed by atoms with Gasteiger partial charge in [-0.25, -0.2) is 14.6 Å². The van der Waals surface area contributed by atoms with Gasteiger partial charge in [-0.05, 0) is 30.2 Å². The van der Waals surface area contributed by atoms with Crippen LogP contribution in [0, 0.1) is 5.92 Å². The number of ether oxygens (including phenoxy) is 3. The molecule has 11 nitrogen and oxygen atoms in total. The first-order chi connectivity index (χ1) is 18.3. The highest BCUT2D eigenvalue weighted by Gasteiger charge is 2.23. The predicted molar refractivity (Wildman–Crippen MR) is 143 cm³/mol. The molecule has 0 fully saturated rings. The maximum atomic E-state index is 13.7. The van der Waals surface area contributed by atoms with Crippen LogP contribution in [-0.2, 0) is 4.79 Å². The predicted octanol–water partition coefficient (Wildman–Crippen LogP) is 3.57. The van der Waals surface area contributed by atoms with Crippen LogP contribution in [0.15, 0.2) is 48.4 Å². The minimum Gasteiger partial charge on any atom is -0.493 e. The van der Waals surface area contributed by atoms with E-state index in [9.17, 15) is 9.59 Å². The Labute approximate surface area is 223 Å². The van der Waals surface area contributed by atoms with Gasteiger partial charge in [0, 0.05) is 22.1 Å². The first-order valence-corrected chi connectivity index (χ1v) is 12.5. The largest absolute Gasteiger partial charge is 0.493 e. The fourth-order valence-corrected chi connectivity index (χ4v) is 4.70. The van der Waals surface area contributed by atoms with Crippen LogP contribution in [-0.4, -0.2) is 58.8 Å². The van der Waals surface area contributed by atoms with Crippen LogP contribution in [0.1, 0.15) is 29.8 Å². The molecule has 0 radical (unpaired) electrons. The van der Waals surface area contributed by atoms with Gasteiger partial charge in [0.15, 0.2) is 22.4 Å². The van der Waals surface area contributed by atoms with Gasteiger partial charge in [0.1, 0.15) is 18.7 Å². The Morgan fingerprint density at radius 3 is 2.32 bits per heavy atom. The molecule has 0 spiro atoms. The minimum atomic E-state index is -0.543. The lowest BCUT2D eigenvalue weighted by atomic mass is 9.98. The number of aromatic nitrogens is 4. The number of thiazole rings is 1. The number of nitrogens with one attached hydrogen (secondary N) is 1. The molecule has 4 aromatic rings. The van der Waals surface area contributed by atoms with Gasteiger partial charge in [-0.15, -0.1) is 11.3 Å². The average Bonchev–Trinajstić information content (AvgIpc) is 3.62. The number of hydrogen-bond acceptors (Lipinski definition) is 10. The van der Waals surface area contributed by atoms with E-state index in [-0.39, 0.29) is 11.7 Å². The van der Waals surface area contributed by atoms with Crippen molar-refractivity contribution in [3.63, 3.8) is 0 Å². The molecule has 2 heterocycles. The van der Waals surface area contributed by atoms with Crippen molar-refractivity contribution in [1.82, 2.24) is 19.7 Å². The first-order valence-electron chi connectivity index (χ1n) is 11.6. The molecule has 2 aromatic heterocycles. The van der Waals surface area contributed by atoms with Crippen LogP contribution in [0.3, 0.4) is 0 Å². The van der Waals surface area contributed by atoms with Crippen molar-refractivity contribution >= 4 is 28.2 Å². The molecule has 0 aliphatic carbocycles. The van der Waals surface area contributed by atoms with E-state index in [0.29, 0.717) is 44.9 Å². The van der Waals surface area contributed by atoms with Gasteiger partial charge in [0.2, 0.25) is 11.7 Å². The van der Waals surface area contributed by atoms with E-state index in [2.05, 4.69) is 20.4 Å². The maximum Gasteiger partial charge on any atom is 0.240 e. The van der Waals surface area contributed by atoms with Crippen LogP contribution in [0.4, 0.5) is 5.13 Å². The molecule has 0 aliphatic heterocycles. The van der Waals surface area contributed by atoms with Crippen LogP contribution in [0.25, 0.3) is 16.9 Å². The molecule has 38 heavy (non-hydrogen) atoms. The Hall–Kier alpha value is -4.45. The average molecular weight is 537 g/mol. The number of benzene rings is 2. The summed E-state index contributed by atoms with van der Waals surface area (Å²) in [4.78, 5) is 34.2. The molecule has 1 unspecified atom stereocenters. The lowest BCUT2D eigenvalue weighted by molar-refractivity contribution is -0.119. The summed E-state index contributed by atoms with van der Waals surface area (Å²) in [5.74, 6) is 0.407. The fraction of sp³-hybridized carbons (Fsp3) is 0.269. The van der Waals surface area contributed by atoms with Gasteiger partial charge in [0.25, 0.3) is 0 Å². The molecular weight excluding hydrogens is 508 g/mol. The monoisotopic (exact) mass is 536 g/mol. The summed E-state index contributed by atoms with van der Waals surface area (Å²) >= 11 is 1.36. The van der Waals surface area contributed by atoms with Gasteiger partial charge < -0.3 is 25.3 Å². The highest BCUT2D eigenvalue weighted by Crippen LogP contribution is 2.39. The number of ketones is 1. The molecule has 1 amide bonds. The van der Waals surface area contributed by atoms with E-state index in [1.54, 1.807) is 24.3 Å². The smallest absolute Gasteiger partial charge is 0.240 e. The molecule has 4 rings (SSSR count). The van der Waals surface area contributed by atoms with Crippen molar-refractivity contribution in [2.75, 3.05) is 26.6 Å². The van der Waals surface area contributed by atoms with Crippen molar-refractivity contribution in [2.45, 2.75) is 19.9 Å². The van der Waals surface area contributed by atoms with Crippen LogP contribution in [0.2, 0.25) is 0 Å². The number of methoxy groups -OCH3 is 3. The summed E-state index contributed by atoms with van der Waals surface area (Å²) in [6.07, 6.45) is 2.90. The fourth-order valence-electron chi connectivity index (χ4n) is 3.94. The zero-order chi connectivity index (χ0) is 27.4. The normalized spacial score (nSPS) is 11.7. The Bertz CT molecular complexity index is 1430. The minimum absolute atomic E-state index is 0.000679. The van der Waals surface area contributed by atoms with Gasteiger partial charge in [-0.1, -0.05) is 19.9 Å². The highest BCUT2D eigenvalue weighted by molar-refractivity contribution is 7.14. The summed E-state index contributed by atoms with van der Waals surface area (Å²) in [6, 6.07) is 7.99. The molecule has 0 bridgehead atoms. The Morgan fingerprint density at radius 2 is 1.76 bits per heavy atom. The molecule has 3 N–H and O–H groups in total. The number of hydrogen-bond donors (Lipinski definition) is 2. The Kier molecular flexibility index (Phi) is 7.91. The van der Waals surface area contributed by atoms with Gasteiger partial charge in [-0.3, -0.25) is 9.59 Å². The molecule has 2 aromatic carbocycles. The van der Waals surface area contributed by atoms with E-state index < -0.39 is 11.9 Å². The maximum absolute atomic E-state index is 13.7. The molecule has 0 saturated carbocycles. The quantitative estimate of drug-likeness (QED) is 0.275. The summed E-state index contributed by atoms with van der Waals surface area (Å²) in [5.41, 5.74) is 8.19. The van der Waals surface area contributed by atoms with Crippen molar-refractivity contribution in [3.8, 4) is 34.2 Å².